The molecule has 0 bridgehead atoms. The van der Waals surface area contributed by atoms with E-state index in [-0.39, 0.29) is 12.2 Å². The Balaban J connectivity index is 1.56. The summed E-state index contributed by atoms with van der Waals surface area (Å²) in [5.41, 5.74) is -2.24. The second kappa shape index (κ2) is 11.2. The summed E-state index contributed by atoms with van der Waals surface area (Å²) in [7, 11) is 0. The van der Waals surface area contributed by atoms with E-state index in [1.54, 1.807) is 48.5 Å². The number of urea groups is 2. The van der Waals surface area contributed by atoms with Crippen molar-refractivity contribution >= 4 is 35.0 Å². The van der Waals surface area contributed by atoms with Crippen LogP contribution >= 0.6 is 0 Å². The third-order valence-corrected chi connectivity index (χ3v) is 6.53. The number of nitriles is 1. The van der Waals surface area contributed by atoms with E-state index in [0.29, 0.717) is 40.3 Å². The van der Waals surface area contributed by atoms with E-state index >= 15 is 0 Å². The van der Waals surface area contributed by atoms with Crippen molar-refractivity contribution in [1.82, 2.24) is 4.90 Å². The van der Waals surface area contributed by atoms with Gasteiger partial charge < -0.3 is 20.3 Å². The van der Waals surface area contributed by atoms with Crippen LogP contribution < -0.4 is 20.3 Å². The highest BCUT2D eigenvalue weighted by atomic mass is 19.4. The molecule has 1 aliphatic heterocycles. The Hall–Kier alpha value is -5.05. The molecule has 12 heteroatoms. The van der Waals surface area contributed by atoms with E-state index in [1.165, 1.54) is 24.8 Å². The van der Waals surface area contributed by atoms with Crippen molar-refractivity contribution in [3.05, 3.63) is 83.4 Å². The van der Waals surface area contributed by atoms with Gasteiger partial charge in [-0.15, -0.1) is 0 Å². The maximum absolute atomic E-state index is 13.6. The quantitative estimate of drug-likeness (QED) is 0.323. The first kappa shape index (κ1) is 28.9. The molecule has 212 valence electrons. The van der Waals surface area contributed by atoms with Gasteiger partial charge in [-0.1, -0.05) is 18.2 Å². The average Bonchev–Trinajstić information content (AvgIpc) is 3.09. The fraction of sp³-hybridized carbons (Fsp3) is 0.241. The molecule has 4 rings (SSSR count). The summed E-state index contributed by atoms with van der Waals surface area (Å²) >= 11 is 0. The van der Waals surface area contributed by atoms with Crippen LogP contribution in [0.1, 0.15) is 37.5 Å². The summed E-state index contributed by atoms with van der Waals surface area (Å²) in [5, 5.41) is 14.5. The number of carbonyl (C=O) groups is 3. The van der Waals surface area contributed by atoms with E-state index in [2.05, 4.69) is 10.6 Å². The zero-order chi connectivity index (χ0) is 29.9. The third kappa shape index (κ3) is 5.94. The molecule has 1 saturated heterocycles. The number of alkyl halides is 3. The number of ether oxygens (including phenoxy) is 1. The van der Waals surface area contributed by atoms with Crippen LogP contribution in [0, 0.1) is 11.3 Å². The van der Waals surface area contributed by atoms with Crippen LogP contribution in [-0.4, -0.2) is 35.0 Å². The second-order valence-electron chi connectivity index (χ2n) is 9.60. The van der Waals surface area contributed by atoms with Crippen LogP contribution in [0.4, 0.5) is 39.8 Å². The Bertz CT molecular complexity index is 1530. The van der Waals surface area contributed by atoms with Gasteiger partial charge in [0, 0.05) is 11.4 Å². The molecular weight excluding hydrogens is 539 g/mol. The van der Waals surface area contributed by atoms with Gasteiger partial charge in [-0.25, -0.2) is 14.5 Å². The summed E-state index contributed by atoms with van der Waals surface area (Å²) in [6.07, 6.45) is -4.86. The van der Waals surface area contributed by atoms with Crippen molar-refractivity contribution < 1.29 is 32.3 Å². The molecule has 0 aromatic heterocycles. The van der Waals surface area contributed by atoms with Gasteiger partial charge >= 0.3 is 18.2 Å². The van der Waals surface area contributed by atoms with Crippen LogP contribution in [-0.2, 0) is 17.5 Å². The van der Waals surface area contributed by atoms with Crippen LogP contribution in [0.2, 0.25) is 0 Å². The maximum Gasteiger partial charge on any atom is 0.417 e. The summed E-state index contributed by atoms with van der Waals surface area (Å²) in [6.45, 7) is 5.20. The summed E-state index contributed by atoms with van der Waals surface area (Å²) < 4.78 is 46.0. The highest BCUT2D eigenvalue weighted by molar-refractivity contribution is 6.23. The zero-order valence-corrected chi connectivity index (χ0v) is 22.4. The molecule has 1 fully saturated rings. The second-order valence-corrected chi connectivity index (χ2v) is 9.60. The predicted octanol–water partition coefficient (Wildman–Crippen LogP) is 6.37. The molecule has 41 heavy (non-hydrogen) atoms. The standard InChI is InChI=1S/C29H26F3N5O4/c1-4-41-22-13-10-20(11-14-22)34-26(39)35-24-8-6-5-7-19(24)17-36-27(40)37(25(38)28(36,2)3)21-12-9-18(16-33)23(15-21)29(30,31)32/h5-15H,4,17H2,1-3H3,(H2,34,35,39). The molecule has 0 unspecified atom stereocenters. The normalized spacial score (nSPS) is 14.6. The van der Waals surface area contributed by atoms with Gasteiger partial charge in [-0.05, 0) is 74.9 Å². The van der Waals surface area contributed by atoms with Gasteiger partial charge in [-0.3, -0.25) is 4.79 Å². The molecule has 0 aliphatic carbocycles. The minimum Gasteiger partial charge on any atom is -0.494 e. The van der Waals surface area contributed by atoms with E-state index in [0.717, 1.165) is 12.1 Å². The molecule has 2 N–H and O–H groups in total. The molecule has 1 aliphatic rings. The molecule has 9 nitrogen and oxygen atoms in total. The van der Waals surface area contributed by atoms with Gasteiger partial charge in [0.2, 0.25) is 0 Å². The van der Waals surface area contributed by atoms with Crippen molar-refractivity contribution in [3.63, 3.8) is 0 Å². The lowest BCUT2D eigenvalue weighted by Gasteiger charge is -2.28. The van der Waals surface area contributed by atoms with E-state index in [4.69, 9.17) is 10.00 Å². The highest BCUT2D eigenvalue weighted by Crippen LogP contribution is 2.38. The number of carbonyl (C=O) groups excluding carboxylic acids is 3. The van der Waals surface area contributed by atoms with Gasteiger partial charge in [0.05, 0.1) is 36.0 Å². The number of halogens is 3. The number of para-hydroxylation sites is 1. The summed E-state index contributed by atoms with van der Waals surface area (Å²) in [6, 6.07) is 16.2. The van der Waals surface area contributed by atoms with Crippen LogP contribution in [0.3, 0.4) is 0 Å². The minimum absolute atomic E-state index is 0.129. The smallest absolute Gasteiger partial charge is 0.417 e. The fourth-order valence-electron chi connectivity index (χ4n) is 4.37. The lowest BCUT2D eigenvalue weighted by molar-refractivity contribution is -0.137. The van der Waals surface area contributed by atoms with Crippen molar-refractivity contribution in [3.8, 4) is 11.8 Å². The minimum atomic E-state index is -4.86. The summed E-state index contributed by atoms with van der Waals surface area (Å²) in [4.78, 5) is 41.4. The predicted molar refractivity (Wildman–Crippen MR) is 145 cm³/mol. The Morgan fingerprint density at radius 1 is 1.02 bits per heavy atom. The lowest BCUT2D eigenvalue weighted by Crippen LogP contribution is -2.43. The Morgan fingerprint density at radius 3 is 2.34 bits per heavy atom. The summed E-state index contributed by atoms with van der Waals surface area (Å²) in [5.74, 6) is -0.0834. The van der Waals surface area contributed by atoms with Crippen molar-refractivity contribution in [2.75, 3.05) is 22.1 Å². The fourth-order valence-corrected chi connectivity index (χ4v) is 4.37. The molecule has 0 saturated carbocycles. The molecule has 3 aromatic carbocycles. The average molecular weight is 566 g/mol. The zero-order valence-electron chi connectivity index (χ0n) is 22.4. The molecule has 5 amide bonds. The number of benzene rings is 3. The first-order chi connectivity index (χ1) is 19.4. The van der Waals surface area contributed by atoms with E-state index in [9.17, 15) is 27.6 Å². The Labute approximate surface area is 234 Å². The number of nitrogens with zero attached hydrogens (tertiary/aromatic N) is 3. The van der Waals surface area contributed by atoms with Gasteiger partial charge in [0.1, 0.15) is 11.3 Å². The SMILES string of the molecule is CCOc1ccc(NC(=O)Nc2ccccc2CN2C(=O)N(c3ccc(C#N)c(C(F)(F)F)c3)C(=O)C2(C)C)cc1. The monoisotopic (exact) mass is 565 g/mol. The first-order valence-corrected chi connectivity index (χ1v) is 12.5. The Kier molecular flexibility index (Phi) is 7.91. The highest BCUT2D eigenvalue weighted by Gasteiger charge is 2.52. The van der Waals surface area contributed by atoms with E-state index in [1.807, 2.05) is 6.92 Å². The molecule has 1 heterocycles. The molecule has 0 spiro atoms. The van der Waals surface area contributed by atoms with Crippen molar-refractivity contribution in [2.45, 2.75) is 39.0 Å². The number of amides is 5. The van der Waals surface area contributed by atoms with Gasteiger partial charge in [-0.2, -0.15) is 18.4 Å². The van der Waals surface area contributed by atoms with E-state index < -0.39 is 40.8 Å². The van der Waals surface area contributed by atoms with Crippen molar-refractivity contribution in [1.29, 1.82) is 5.26 Å². The molecule has 0 atom stereocenters. The van der Waals surface area contributed by atoms with Crippen molar-refractivity contribution in [2.24, 2.45) is 0 Å². The molecular formula is C29H26F3N5O4. The Morgan fingerprint density at radius 2 is 1.71 bits per heavy atom. The number of nitrogens with one attached hydrogen (secondary N) is 2. The maximum atomic E-state index is 13.6. The number of anilines is 3. The van der Waals surface area contributed by atoms with Crippen LogP contribution in [0.15, 0.2) is 66.7 Å². The number of hydrogen-bond donors (Lipinski definition) is 2. The van der Waals surface area contributed by atoms with Gasteiger partial charge in [0.15, 0.2) is 0 Å². The molecule has 0 radical (unpaired) electrons. The first-order valence-electron chi connectivity index (χ1n) is 12.5. The van der Waals surface area contributed by atoms with Crippen LogP contribution in [0.25, 0.3) is 0 Å². The number of imide groups is 1. The largest absolute Gasteiger partial charge is 0.494 e. The van der Waals surface area contributed by atoms with Gasteiger partial charge in [0.25, 0.3) is 5.91 Å². The lowest BCUT2D eigenvalue weighted by atomic mass is 10.0. The topological polar surface area (TPSA) is 115 Å². The number of hydrogen-bond acceptors (Lipinski definition) is 5. The van der Waals surface area contributed by atoms with Crippen LogP contribution in [0.5, 0.6) is 5.75 Å². The molecule has 3 aromatic rings. The third-order valence-electron chi connectivity index (χ3n) is 6.53. The number of rotatable bonds is 7.